The van der Waals surface area contributed by atoms with Gasteiger partial charge in [0, 0.05) is 6.42 Å². The van der Waals surface area contributed by atoms with Crippen molar-refractivity contribution in [1.29, 1.82) is 0 Å². The maximum Gasteiger partial charge on any atom is 0.305 e. The van der Waals surface area contributed by atoms with Crippen molar-refractivity contribution >= 4 is 29.6 Å². The summed E-state index contributed by atoms with van der Waals surface area (Å²) in [4.78, 5) is 58.3. The molecule has 0 unspecified atom stereocenters. The van der Waals surface area contributed by atoms with Crippen LogP contribution in [0, 0.1) is 0 Å². The third-order valence-corrected chi connectivity index (χ3v) is 4.00. The molecule has 0 saturated carbocycles. The first-order chi connectivity index (χ1) is 12.8. The lowest BCUT2D eigenvalue weighted by atomic mass is 10.0. The molecule has 0 aromatic heterocycles. The Morgan fingerprint density at radius 2 is 1.67 bits per heavy atom. The van der Waals surface area contributed by atoms with Crippen LogP contribution in [-0.4, -0.2) is 52.8 Å². The molecule has 1 aromatic carbocycles. The summed E-state index contributed by atoms with van der Waals surface area (Å²) in [6, 6.07) is 5.84. The molecule has 3 atom stereocenters. The van der Waals surface area contributed by atoms with E-state index in [1.54, 1.807) is 0 Å². The summed E-state index contributed by atoms with van der Waals surface area (Å²) in [6.07, 6.45) is -0.817. The van der Waals surface area contributed by atoms with Gasteiger partial charge in [0.25, 0.3) is 0 Å². The maximum absolute atomic E-state index is 12.2. The van der Waals surface area contributed by atoms with E-state index >= 15 is 0 Å². The van der Waals surface area contributed by atoms with Gasteiger partial charge in [0.05, 0.1) is 12.8 Å². The smallest absolute Gasteiger partial charge is 0.305 e. The molecule has 0 bridgehead atoms. The topological polar surface area (TPSA) is 168 Å². The molecule has 10 nitrogen and oxygen atoms in total. The average molecular weight is 376 g/mol. The molecule has 0 spiro atoms. The molecule has 1 aliphatic rings. The molecule has 1 heterocycles. The van der Waals surface area contributed by atoms with Crippen molar-refractivity contribution in [2.24, 2.45) is 5.73 Å². The van der Waals surface area contributed by atoms with Gasteiger partial charge in [-0.2, -0.15) is 0 Å². The van der Waals surface area contributed by atoms with Gasteiger partial charge in [-0.1, -0.05) is 30.3 Å². The van der Waals surface area contributed by atoms with Crippen LogP contribution >= 0.6 is 0 Å². The Hall–Kier alpha value is -3.43. The highest BCUT2D eigenvalue weighted by Crippen LogP contribution is 2.08. The van der Waals surface area contributed by atoms with E-state index in [1.165, 1.54) is 0 Å². The average Bonchev–Trinajstić information content (AvgIpc) is 2.59. The van der Waals surface area contributed by atoms with E-state index in [0.29, 0.717) is 6.42 Å². The molecule has 1 aliphatic heterocycles. The maximum atomic E-state index is 12.2. The minimum absolute atomic E-state index is 0.305. The van der Waals surface area contributed by atoms with Crippen LogP contribution in [0.4, 0.5) is 0 Å². The Morgan fingerprint density at radius 3 is 2.26 bits per heavy atom. The van der Waals surface area contributed by atoms with Gasteiger partial charge in [-0.05, 0) is 5.56 Å². The van der Waals surface area contributed by atoms with Gasteiger partial charge in [0.15, 0.2) is 0 Å². The van der Waals surface area contributed by atoms with Crippen LogP contribution in [0.25, 0.3) is 0 Å². The molecule has 1 fully saturated rings. The first-order valence-electron chi connectivity index (χ1n) is 8.21. The Morgan fingerprint density at radius 1 is 1.07 bits per heavy atom. The fraction of sp³-hybridized carbons (Fsp3) is 0.353. The van der Waals surface area contributed by atoms with E-state index in [1.807, 2.05) is 30.3 Å². The number of aliphatic carboxylic acids is 1. The summed E-state index contributed by atoms with van der Waals surface area (Å²) < 4.78 is 0. The number of carbonyl (C=O) groups is 5. The van der Waals surface area contributed by atoms with Gasteiger partial charge in [-0.3, -0.25) is 24.0 Å². The van der Waals surface area contributed by atoms with Crippen molar-refractivity contribution in [1.82, 2.24) is 16.0 Å². The molecule has 0 radical (unpaired) electrons. The number of amides is 4. The Bertz CT molecular complexity index is 751. The van der Waals surface area contributed by atoms with Gasteiger partial charge in [-0.15, -0.1) is 0 Å². The highest BCUT2D eigenvalue weighted by molar-refractivity contribution is 5.99. The molecule has 10 heteroatoms. The summed E-state index contributed by atoms with van der Waals surface area (Å²) >= 11 is 0. The van der Waals surface area contributed by atoms with Crippen molar-refractivity contribution in [2.75, 3.05) is 0 Å². The lowest BCUT2D eigenvalue weighted by molar-refractivity contribution is -0.140. The number of benzene rings is 1. The lowest BCUT2D eigenvalue weighted by Crippen LogP contribution is -2.63. The summed E-state index contributed by atoms with van der Waals surface area (Å²) in [5, 5.41) is 15.9. The zero-order valence-corrected chi connectivity index (χ0v) is 14.3. The third kappa shape index (κ3) is 5.80. The SMILES string of the molecule is NC(=O)[C@@H](CC(=O)O)NC(=O)C[C@@H]1NC(=O)[C@H](Cc2ccccc2)NC1=O. The van der Waals surface area contributed by atoms with Crippen molar-refractivity contribution < 1.29 is 29.1 Å². The number of nitrogens with two attached hydrogens (primary N) is 1. The van der Waals surface area contributed by atoms with E-state index in [9.17, 15) is 24.0 Å². The summed E-state index contributed by atoms with van der Waals surface area (Å²) in [5.74, 6) is -4.08. The minimum atomic E-state index is -1.40. The predicted octanol–water partition coefficient (Wildman–Crippen LogP) is -1.95. The number of rotatable bonds is 8. The van der Waals surface area contributed by atoms with Gasteiger partial charge >= 0.3 is 5.97 Å². The third-order valence-electron chi connectivity index (χ3n) is 4.00. The van der Waals surface area contributed by atoms with Crippen LogP contribution < -0.4 is 21.7 Å². The molecule has 0 aliphatic carbocycles. The van der Waals surface area contributed by atoms with Crippen molar-refractivity contribution in [3.63, 3.8) is 0 Å². The highest BCUT2D eigenvalue weighted by Gasteiger charge is 2.35. The molecule has 144 valence electrons. The Balaban J connectivity index is 1.92. The summed E-state index contributed by atoms with van der Waals surface area (Å²) in [7, 11) is 0. The molecular formula is C17H20N4O6. The van der Waals surface area contributed by atoms with Crippen molar-refractivity contribution in [3.05, 3.63) is 35.9 Å². The van der Waals surface area contributed by atoms with E-state index in [2.05, 4.69) is 16.0 Å². The van der Waals surface area contributed by atoms with Crippen LogP contribution in [-0.2, 0) is 30.4 Å². The number of carbonyl (C=O) groups excluding carboxylic acids is 4. The quantitative estimate of drug-likeness (QED) is 0.353. The largest absolute Gasteiger partial charge is 0.481 e. The van der Waals surface area contributed by atoms with Crippen LogP contribution in [0.2, 0.25) is 0 Å². The molecule has 1 aromatic rings. The monoisotopic (exact) mass is 376 g/mol. The second-order valence-electron chi connectivity index (χ2n) is 6.14. The van der Waals surface area contributed by atoms with Crippen molar-refractivity contribution in [3.8, 4) is 0 Å². The van der Waals surface area contributed by atoms with E-state index < -0.39 is 60.6 Å². The number of hydrogen-bond donors (Lipinski definition) is 5. The van der Waals surface area contributed by atoms with Crippen LogP contribution in [0.3, 0.4) is 0 Å². The zero-order valence-electron chi connectivity index (χ0n) is 14.3. The number of carboxylic acids is 1. The number of piperazine rings is 1. The second kappa shape index (κ2) is 8.79. The lowest BCUT2D eigenvalue weighted by Gasteiger charge is -2.29. The van der Waals surface area contributed by atoms with Gasteiger partial charge in [0.1, 0.15) is 18.1 Å². The normalized spacial score (nSPS) is 20.1. The summed E-state index contributed by atoms with van der Waals surface area (Å²) in [6.45, 7) is 0. The number of nitrogens with one attached hydrogen (secondary N) is 3. The second-order valence-corrected chi connectivity index (χ2v) is 6.14. The van der Waals surface area contributed by atoms with E-state index in [0.717, 1.165) is 5.56 Å². The van der Waals surface area contributed by atoms with Gasteiger partial charge in [0.2, 0.25) is 23.6 Å². The molecule has 6 N–H and O–H groups in total. The molecule has 4 amide bonds. The minimum Gasteiger partial charge on any atom is -0.481 e. The standard InChI is InChI=1S/C17H20N4O6/c18-15(25)10(8-14(23)24)19-13(22)7-12-17(27)20-11(16(26)21-12)6-9-4-2-1-3-5-9/h1-5,10-12H,6-8H2,(H2,18,25)(H,19,22)(H,20,27)(H,21,26)(H,23,24)/t10-,11+,12+/m1/s1. The van der Waals surface area contributed by atoms with Crippen LogP contribution in [0.5, 0.6) is 0 Å². The summed E-state index contributed by atoms with van der Waals surface area (Å²) in [5.41, 5.74) is 5.91. The zero-order chi connectivity index (χ0) is 20.0. The molecule has 27 heavy (non-hydrogen) atoms. The van der Waals surface area contributed by atoms with Gasteiger partial charge < -0.3 is 26.8 Å². The number of hydrogen-bond acceptors (Lipinski definition) is 5. The first-order valence-corrected chi connectivity index (χ1v) is 8.21. The molecular weight excluding hydrogens is 356 g/mol. The van der Waals surface area contributed by atoms with Crippen LogP contribution in [0.1, 0.15) is 18.4 Å². The van der Waals surface area contributed by atoms with Crippen molar-refractivity contribution in [2.45, 2.75) is 37.4 Å². The first kappa shape index (κ1) is 19.9. The highest BCUT2D eigenvalue weighted by atomic mass is 16.4. The predicted molar refractivity (Wildman–Crippen MR) is 92.0 cm³/mol. The van der Waals surface area contributed by atoms with Crippen LogP contribution in [0.15, 0.2) is 30.3 Å². The Labute approximate surface area is 154 Å². The fourth-order valence-corrected chi connectivity index (χ4v) is 2.65. The van der Waals surface area contributed by atoms with E-state index in [-0.39, 0.29) is 0 Å². The number of carboxylic acid groups (broad SMARTS) is 1. The molecule has 1 saturated heterocycles. The van der Waals surface area contributed by atoms with Gasteiger partial charge in [-0.25, -0.2) is 0 Å². The van der Waals surface area contributed by atoms with E-state index in [4.69, 9.17) is 10.8 Å². The molecule has 2 rings (SSSR count). The Kier molecular flexibility index (Phi) is 6.47. The fourth-order valence-electron chi connectivity index (χ4n) is 2.65. The number of primary amides is 1.